The third-order valence-electron chi connectivity index (χ3n) is 2.54. The lowest BCUT2D eigenvalue weighted by molar-refractivity contribution is -0.0436. The highest BCUT2D eigenvalue weighted by atomic mass is 32.2. The normalized spacial score (nSPS) is 17.4. The summed E-state index contributed by atoms with van der Waals surface area (Å²) in [5, 5.41) is 0. The molecule has 88 valence electrons. The van der Waals surface area contributed by atoms with Crippen LogP contribution in [0.15, 0.2) is 29.2 Å². The van der Waals surface area contributed by atoms with Crippen LogP contribution in [0.5, 0.6) is 0 Å². The molecule has 1 aromatic carbocycles. The van der Waals surface area contributed by atoms with Gasteiger partial charge in [-0.3, -0.25) is 0 Å². The van der Waals surface area contributed by atoms with Crippen molar-refractivity contribution >= 4 is 9.84 Å². The van der Waals surface area contributed by atoms with Crippen molar-refractivity contribution < 1.29 is 21.6 Å². The van der Waals surface area contributed by atoms with Crippen LogP contribution in [0.2, 0.25) is 0 Å². The van der Waals surface area contributed by atoms with Crippen LogP contribution in [-0.2, 0) is 9.84 Å². The molecule has 1 fully saturated rings. The molecule has 0 aromatic heterocycles. The van der Waals surface area contributed by atoms with Gasteiger partial charge in [0, 0.05) is 0 Å². The molecule has 2 rings (SSSR count). The summed E-state index contributed by atoms with van der Waals surface area (Å²) in [6.07, 6.45) is 2.04. The Hall–Kier alpha value is -1.04. The number of hydrogen-bond donors (Lipinski definition) is 0. The van der Waals surface area contributed by atoms with Gasteiger partial charge in [0.25, 0.3) is 9.84 Å². The lowest BCUT2D eigenvalue weighted by atomic mass is 10.1. The molecule has 1 aliphatic carbocycles. The lowest BCUT2D eigenvalue weighted by Gasteiger charge is -2.08. The first-order valence-corrected chi connectivity index (χ1v) is 6.22. The molecule has 1 saturated carbocycles. The molecule has 0 N–H and O–H groups in total. The summed E-state index contributed by atoms with van der Waals surface area (Å²) in [5.74, 6) is 0.391. The van der Waals surface area contributed by atoms with Crippen molar-refractivity contribution in [2.45, 2.75) is 29.2 Å². The minimum absolute atomic E-state index is 0.391. The summed E-state index contributed by atoms with van der Waals surface area (Å²) in [6, 6.07) is 4.96. The van der Waals surface area contributed by atoms with Gasteiger partial charge in [0.05, 0.1) is 4.90 Å². The second kappa shape index (κ2) is 3.48. The van der Waals surface area contributed by atoms with E-state index in [1.54, 1.807) is 0 Å². The first-order chi connectivity index (χ1) is 7.32. The molecule has 1 aromatic rings. The summed E-state index contributed by atoms with van der Waals surface area (Å²) in [5.41, 5.74) is -4.32. The largest absolute Gasteiger partial charge is 0.501 e. The van der Waals surface area contributed by atoms with E-state index in [4.69, 9.17) is 0 Å². The molecule has 0 spiro atoms. The molecule has 16 heavy (non-hydrogen) atoms. The average Bonchev–Trinajstić information content (AvgIpc) is 2.99. The Labute approximate surface area is 91.0 Å². The van der Waals surface area contributed by atoms with Crippen molar-refractivity contribution in [3.8, 4) is 0 Å². The predicted molar refractivity (Wildman–Crippen MR) is 51.7 cm³/mol. The molecular formula is C10H9F3O2S. The Bertz CT molecular complexity index is 484. The summed E-state index contributed by atoms with van der Waals surface area (Å²) >= 11 is 0. The number of hydrogen-bond acceptors (Lipinski definition) is 2. The minimum atomic E-state index is -5.23. The summed E-state index contributed by atoms with van der Waals surface area (Å²) in [7, 11) is -5.20. The van der Waals surface area contributed by atoms with Gasteiger partial charge < -0.3 is 0 Å². The molecule has 0 atom stereocenters. The SMILES string of the molecule is O=S(=O)(c1ccc(C2CC2)cc1)C(F)(F)F. The fourth-order valence-electron chi connectivity index (χ4n) is 1.47. The van der Waals surface area contributed by atoms with Crippen LogP contribution < -0.4 is 0 Å². The van der Waals surface area contributed by atoms with Crippen LogP contribution in [0.3, 0.4) is 0 Å². The first kappa shape index (κ1) is 11.4. The maximum atomic E-state index is 12.2. The van der Waals surface area contributed by atoms with Crippen LogP contribution >= 0.6 is 0 Å². The number of benzene rings is 1. The summed E-state index contributed by atoms with van der Waals surface area (Å²) in [4.78, 5) is -0.690. The standard InChI is InChI=1S/C10H9F3O2S/c11-10(12,13)16(14,15)9-5-3-8(4-6-9)7-1-2-7/h3-7H,1-2H2. The van der Waals surface area contributed by atoms with Crippen LogP contribution in [0.25, 0.3) is 0 Å². The molecule has 1 aliphatic rings. The minimum Gasteiger partial charge on any atom is -0.214 e. The molecule has 0 heterocycles. The van der Waals surface area contributed by atoms with E-state index < -0.39 is 20.2 Å². The zero-order valence-corrected chi connectivity index (χ0v) is 8.98. The maximum Gasteiger partial charge on any atom is 0.501 e. The van der Waals surface area contributed by atoms with E-state index in [0.717, 1.165) is 30.5 Å². The third-order valence-corrected chi connectivity index (χ3v) is 4.05. The summed E-state index contributed by atoms with van der Waals surface area (Å²) < 4.78 is 58.7. The Morgan fingerprint density at radius 1 is 1.06 bits per heavy atom. The average molecular weight is 250 g/mol. The molecule has 0 unspecified atom stereocenters. The number of rotatable bonds is 2. The molecule has 0 saturated heterocycles. The topological polar surface area (TPSA) is 34.1 Å². The second-order valence-corrected chi connectivity index (χ2v) is 5.73. The van der Waals surface area contributed by atoms with Crippen molar-refractivity contribution in [3.63, 3.8) is 0 Å². The van der Waals surface area contributed by atoms with Gasteiger partial charge in [0.1, 0.15) is 0 Å². The van der Waals surface area contributed by atoms with E-state index in [-0.39, 0.29) is 0 Å². The first-order valence-electron chi connectivity index (χ1n) is 4.74. The smallest absolute Gasteiger partial charge is 0.214 e. The Morgan fingerprint density at radius 2 is 1.56 bits per heavy atom. The Morgan fingerprint density at radius 3 is 1.94 bits per heavy atom. The summed E-state index contributed by atoms with van der Waals surface area (Å²) in [6.45, 7) is 0. The molecule has 2 nitrogen and oxygen atoms in total. The van der Waals surface area contributed by atoms with Gasteiger partial charge in [0.2, 0.25) is 0 Å². The van der Waals surface area contributed by atoms with Crippen molar-refractivity contribution in [1.82, 2.24) is 0 Å². The molecule has 0 bridgehead atoms. The fourth-order valence-corrected chi connectivity index (χ4v) is 2.23. The van der Waals surface area contributed by atoms with Crippen LogP contribution in [0.4, 0.5) is 13.2 Å². The van der Waals surface area contributed by atoms with Gasteiger partial charge >= 0.3 is 5.51 Å². The van der Waals surface area contributed by atoms with E-state index in [1.165, 1.54) is 12.1 Å². The van der Waals surface area contributed by atoms with Crippen LogP contribution in [0.1, 0.15) is 24.3 Å². The van der Waals surface area contributed by atoms with Crippen molar-refractivity contribution in [2.24, 2.45) is 0 Å². The van der Waals surface area contributed by atoms with Gasteiger partial charge in [-0.15, -0.1) is 0 Å². The Kier molecular flexibility index (Phi) is 2.49. The predicted octanol–water partition coefficient (Wildman–Crippen LogP) is 2.86. The molecule has 0 aliphatic heterocycles. The van der Waals surface area contributed by atoms with E-state index in [9.17, 15) is 21.6 Å². The second-order valence-electron chi connectivity index (χ2n) is 3.79. The molecular weight excluding hydrogens is 241 g/mol. The highest BCUT2D eigenvalue weighted by molar-refractivity contribution is 7.92. The van der Waals surface area contributed by atoms with Gasteiger partial charge in [-0.05, 0) is 36.5 Å². The number of alkyl halides is 3. The van der Waals surface area contributed by atoms with Gasteiger partial charge in [-0.2, -0.15) is 13.2 Å². The zero-order chi connectivity index (χ0) is 12.0. The van der Waals surface area contributed by atoms with E-state index in [2.05, 4.69) is 0 Å². The zero-order valence-electron chi connectivity index (χ0n) is 8.16. The van der Waals surface area contributed by atoms with Gasteiger partial charge in [0.15, 0.2) is 0 Å². The van der Waals surface area contributed by atoms with Crippen molar-refractivity contribution in [3.05, 3.63) is 29.8 Å². The van der Waals surface area contributed by atoms with Crippen molar-refractivity contribution in [2.75, 3.05) is 0 Å². The quantitative estimate of drug-likeness (QED) is 0.808. The van der Waals surface area contributed by atoms with E-state index in [0.29, 0.717) is 5.92 Å². The maximum absolute atomic E-state index is 12.2. The van der Waals surface area contributed by atoms with E-state index in [1.807, 2.05) is 0 Å². The number of sulfone groups is 1. The molecule has 6 heteroatoms. The number of halogens is 3. The molecule has 0 amide bonds. The van der Waals surface area contributed by atoms with Gasteiger partial charge in [-0.1, -0.05) is 12.1 Å². The van der Waals surface area contributed by atoms with Crippen LogP contribution in [-0.4, -0.2) is 13.9 Å². The Balaban J connectivity index is 2.34. The lowest BCUT2D eigenvalue weighted by Crippen LogP contribution is -2.23. The monoisotopic (exact) mass is 250 g/mol. The molecule has 0 radical (unpaired) electrons. The van der Waals surface area contributed by atoms with Crippen molar-refractivity contribution in [1.29, 1.82) is 0 Å². The third kappa shape index (κ3) is 1.93. The highest BCUT2D eigenvalue weighted by Crippen LogP contribution is 2.40. The van der Waals surface area contributed by atoms with Gasteiger partial charge in [-0.25, -0.2) is 8.42 Å². The van der Waals surface area contributed by atoms with E-state index >= 15 is 0 Å². The highest BCUT2D eigenvalue weighted by Gasteiger charge is 2.46. The fraction of sp³-hybridized carbons (Fsp3) is 0.400. The van der Waals surface area contributed by atoms with Crippen LogP contribution in [0, 0.1) is 0 Å².